The first-order chi connectivity index (χ1) is 32.7. The predicted molar refractivity (Wildman–Crippen MR) is 245 cm³/mol. The summed E-state index contributed by atoms with van der Waals surface area (Å²) in [5.74, 6) is -13.2. The second kappa shape index (κ2) is 30.3. The van der Waals surface area contributed by atoms with Gasteiger partial charge in [0.1, 0.15) is 36.3 Å². The number of carboxylic acid groups (broad SMARTS) is 3. The second-order valence-electron chi connectivity index (χ2n) is 16.4. The van der Waals surface area contributed by atoms with Crippen molar-refractivity contribution in [3.8, 4) is 0 Å². The number of para-hydroxylation sites is 1. The predicted octanol–water partition coefficient (Wildman–Crippen LogP) is -2.09. The molecule has 0 radical (unpaired) electrons. The van der Waals surface area contributed by atoms with E-state index in [-0.39, 0.29) is 32.2 Å². The Hall–Kier alpha value is -7.15. The molecule has 2 aromatic rings. The van der Waals surface area contributed by atoms with Crippen LogP contribution in [-0.4, -0.2) is 146 Å². The lowest BCUT2D eigenvalue weighted by Crippen LogP contribution is -2.61. The summed E-state index contributed by atoms with van der Waals surface area (Å²) < 4.78 is 0. The molecular weight excluding hydrogens is 909 g/mol. The van der Waals surface area contributed by atoms with Crippen LogP contribution in [0.15, 0.2) is 30.5 Å². The highest BCUT2D eigenvalue weighted by molar-refractivity contribution is 5.99. The van der Waals surface area contributed by atoms with E-state index in [1.54, 1.807) is 30.5 Å². The van der Waals surface area contributed by atoms with Gasteiger partial charge in [0.05, 0.1) is 31.9 Å². The van der Waals surface area contributed by atoms with Crippen LogP contribution >= 0.6 is 0 Å². The summed E-state index contributed by atoms with van der Waals surface area (Å²) >= 11 is 0. The molecule has 0 fully saturated rings. The maximum absolute atomic E-state index is 13.9. The Balaban J connectivity index is 2.23. The minimum Gasteiger partial charge on any atom is -0.481 e. The Labute approximate surface area is 397 Å². The van der Waals surface area contributed by atoms with Gasteiger partial charge in [-0.15, -0.1) is 0 Å². The standard InChI is InChI=1S/C44H66N10O15/c1-3-4-5-6-7-8-9-16-34(57)50-29(18-25-22-47-27-14-11-10-13-26(25)27)40(64)51-30(19-33(46)56)41(65)52-31(20-36(59)60)42(66)54-38(24(2)55)43(67)48-23-35(58)49-28(15-12-17-45)39(63)53-32(44(68)69)21-37(61)62/h10-11,13-14,22,24,28-32,38,47,55H,3-9,12,15-21,23,45H2,1-2H3,(H2,46,56)(H,48,67)(H,49,58)(H,50,57)(H,51,64)(H,52,65)(H,53,63)(H,54,66)(H,59,60)(H,61,62)(H,68,69)/t24?,28-,29-,30+,31-,32?,38?/m0/s1. The molecule has 16 N–H and O–H groups in total. The maximum Gasteiger partial charge on any atom is 0.326 e. The zero-order valence-corrected chi connectivity index (χ0v) is 38.7. The normalized spacial score (nSPS) is 14.0. The number of unbranched alkanes of at least 4 members (excludes halogenated alkanes) is 6. The number of primary amides is 1. The molecule has 0 spiro atoms. The SMILES string of the molecule is CCCCCCCCCC(=O)N[C@@H](Cc1c[nH]c2ccccc12)C(=O)N[C@H](CC(N)=O)C(=O)N[C@@H](CC(=O)O)C(=O)NC(C(=O)NCC(=O)N[C@@H](CCCN)C(=O)NC(CC(=O)O)C(=O)O)C(C)O. The molecule has 0 saturated heterocycles. The third-order valence-corrected chi connectivity index (χ3v) is 10.6. The van der Waals surface area contributed by atoms with E-state index in [0.717, 1.165) is 56.4 Å². The first-order valence-corrected chi connectivity index (χ1v) is 22.6. The minimum atomic E-state index is -2.01. The van der Waals surface area contributed by atoms with Crippen molar-refractivity contribution in [3.05, 3.63) is 36.0 Å². The van der Waals surface area contributed by atoms with Gasteiger partial charge >= 0.3 is 17.9 Å². The fourth-order valence-corrected chi connectivity index (χ4v) is 7.00. The Kier molecular flexibility index (Phi) is 25.4. The van der Waals surface area contributed by atoms with Crippen LogP contribution < -0.4 is 48.7 Å². The Morgan fingerprint density at radius 1 is 0.623 bits per heavy atom. The van der Waals surface area contributed by atoms with Gasteiger partial charge in [-0.3, -0.25) is 47.9 Å². The van der Waals surface area contributed by atoms with Gasteiger partial charge in [0, 0.05) is 29.9 Å². The highest BCUT2D eigenvalue weighted by Gasteiger charge is 2.35. The largest absolute Gasteiger partial charge is 0.481 e. The highest BCUT2D eigenvalue weighted by atomic mass is 16.4. The number of rotatable bonds is 34. The van der Waals surface area contributed by atoms with E-state index in [9.17, 15) is 68.1 Å². The van der Waals surface area contributed by atoms with E-state index >= 15 is 0 Å². The van der Waals surface area contributed by atoms with Gasteiger partial charge in [-0.1, -0.05) is 63.6 Å². The Bertz CT molecular complexity index is 2110. The van der Waals surface area contributed by atoms with Crippen molar-refractivity contribution in [2.75, 3.05) is 13.1 Å². The molecule has 1 aromatic carbocycles. The van der Waals surface area contributed by atoms with Gasteiger partial charge in [0.2, 0.25) is 47.3 Å². The van der Waals surface area contributed by atoms with Crippen molar-refractivity contribution in [1.82, 2.24) is 42.2 Å². The average molecular weight is 975 g/mol. The number of aliphatic carboxylic acids is 3. The third kappa shape index (κ3) is 21.6. The molecule has 0 saturated carbocycles. The van der Waals surface area contributed by atoms with Crippen molar-refractivity contribution < 1.29 is 73.2 Å². The number of carbonyl (C=O) groups is 11. The minimum absolute atomic E-state index is 0.0411. The molecule has 3 unspecified atom stereocenters. The first-order valence-electron chi connectivity index (χ1n) is 22.6. The van der Waals surface area contributed by atoms with Crippen molar-refractivity contribution in [1.29, 1.82) is 0 Å². The summed E-state index contributed by atoms with van der Waals surface area (Å²) in [6.45, 7) is 2.31. The van der Waals surface area contributed by atoms with Crippen molar-refractivity contribution >= 4 is 76.1 Å². The van der Waals surface area contributed by atoms with Crippen LogP contribution in [0.1, 0.15) is 103 Å². The molecule has 1 heterocycles. The van der Waals surface area contributed by atoms with Gasteiger partial charge in [-0.05, 0) is 44.4 Å². The molecule has 382 valence electrons. The lowest BCUT2D eigenvalue weighted by atomic mass is 10.0. The molecule has 7 atom stereocenters. The number of fused-ring (bicyclic) bond motifs is 1. The number of aliphatic hydroxyl groups is 1. The van der Waals surface area contributed by atoms with E-state index in [0.29, 0.717) is 12.0 Å². The number of nitrogens with two attached hydrogens (primary N) is 2. The van der Waals surface area contributed by atoms with E-state index in [2.05, 4.69) is 43.8 Å². The lowest BCUT2D eigenvalue weighted by molar-refractivity contribution is -0.147. The number of benzene rings is 1. The summed E-state index contributed by atoms with van der Waals surface area (Å²) in [6, 6.07) is -3.13. The smallest absolute Gasteiger partial charge is 0.326 e. The Morgan fingerprint density at radius 3 is 1.75 bits per heavy atom. The van der Waals surface area contributed by atoms with Crippen molar-refractivity contribution in [3.63, 3.8) is 0 Å². The van der Waals surface area contributed by atoms with Crippen LogP contribution in [-0.2, 0) is 59.2 Å². The quantitative estimate of drug-likeness (QED) is 0.0334. The number of aromatic nitrogens is 1. The van der Waals surface area contributed by atoms with Gasteiger partial charge in [-0.25, -0.2) is 4.79 Å². The van der Waals surface area contributed by atoms with Crippen molar-refractivity contribution in [2.45, 2.75) is 146 Å². The van der Waals surface area contributed by atoms with Crippen LogP contribution in [0.4, 0.5) is 0 Å². The molecule has 0 bridgehead atoms. The van der Waals surface area contributed by atoms with Crippen LogP contribution in [0.25, 0.3) is 10.9 Å². The van der Waals surface area contributed by atoms with E-state index in [1.807, 2.05) is 5.32 Å². The number of hydrogen-bond acceptors (Lipinski definition) is 13. The van der Waals surface area contributed by atoms with E-state index in [4.69, 9.17) is 16.6 Å². The van der Waals surface area contributed by atoms with Crippen LogP contribution in [0, 0.1) is 0 Å². The van der Waals surface area contributed by atoms with E-state index in [1.165, 1.54) is 0 Å². The average Bonchev–Trinajstić information content (AvgIpc) is 3.69. The molecule has 0 aliphatic carbocycles. The third-order valence-electron chi connectivity index (χ3n) is 10.6. The zero-order valence-electron chi connectivity index (χ0n) is 38.7. The van der Waals surface area contributed by atoms with Gasteiger partial charge < -0.3 is 74.1 Å². The molecule has 8 amide bonds. The molecule has 2 rings (SSSR count). The number of carboxylic acids is 3. The number of amides is 8. The summed E-state index contributed by atoms with van der Waals surface area (Å²) in [4.78, 5) is 143. The van der Waals surface area contributed by atoms with Gasteiger partial charge in [0.25, 0.3) is 0 Å². The fraction of sp³-hybridized carbons (Fsp3) is 0.568. The summed E-state index contributed by atoms with van der Waals surface area (Å²) in [5, 5.41) is 54.8. The van der Waals surface area contributed by atoms with Gasteiger partial charge in [-0.2, -0.15) is 0 Å². The van der Waals surface area contributed by atoms with Crippen molar-refractivity contribution in [2.24, 2.45) is 11.5 Å². The molecule has 69 heavy (non-hydrogen) atoms. The number of aliphatic hydroxyl groups excluding tert-OH is 1. The zero-order chi connectivity index (χ0) is 51.6. The molecule has 1 aromatic heterocycles. The van der Waals surface area contributed by atoms with Crippen LogP contribution in [0.3, 0.4) is 0 Å². The number of carbonyl (C=O) groups excluding carboxylic acids is 8. The fourth-order valence-electron chi connectivity index (χ4n) is 7.00. The van der Waals surface area contributed by atoms with Crippen LogP contribution in [0.2, 0.25) is 0 Å². The topological polar surface area (TPSA) is 421 Å². The van der Waals surface area contributed by atoms with Crippen LogP contribution in [0.5, 0.6) is 0 Å². The number of aromatic amines is 1. The molecule has 0 aliphatic rings. The van der Waals surface area contributed by atoms with E-state index < -0.39 is 133 Å². The summed E-state index contributed by atoms with van der Waals surface area (Å²) in [6.07, 6.45) is 3.64. The summed E-state index contributed by atoms with van der Waals surface area (Å²) in [5.41, 5.74) is 12.3. The van der Waals surface area contributed by atoms with Gasteiger partial charge in [0.15, 0.2) is 0 Å². The molecule has 25 nitrogen and oxygen atoms in total. The molecular formula is C44H66N10O15. The second-order valence-corrected chi connectivity index (χ2v) is 16.4. The first kappa shape index (κ1) is 58.0. The Morgan fingerprint density at radius 2 is 1.16 bits per heavy atom. The lowest BCUT2D eigenvalue weighted by Gasteiger charge is -2.26. The highest BCUT2D eigenvalue weighted by Crippen LogP contribution is 2.20. The maximum atomic E-state index is 13.9. The molecule has 25 heteroatoms. The summed E-state index contributed by atoms with van der Waals surface area (Å²) in [7, 11) is 0. The number of nitrogens with one attached hydrogen (secondary N) is 8. The number of H-pyrrole nitrogens is 1. The molecule has 0 aliphatic heterocycles. The monoisotopic (exact) mass is 974 g/mol. The number of hydrogen-bond donors (Lipinski definition) is 14.